The molecular formula is C14H14N4OS. The average Bonchev–Trinajstić information content (AvgIpc) is 3.01. The van der Waals surface area contributed by atoms with Crippen LogP contribution in [-0.4, -0.2) is 15.5 Å². The highest BCUT2D eigenvalue weighted by molar-refractivity contribution is 7.20. The molecule has 1 aromatic carbocycles. The van der Waals surface area contributed by atoms with E-state index in [1.54, 1.807) is 6.20 Å². The number of amides is 1. The number of rotatable bonds is 3. The first-order valence-corrected chi connectivity index (χ1v) is 6.98. The SMILES string of the molecule is Cn1ccnc1CNC(=O)c1cc2cc(N)ccc2s1. The van der Waals surface area contributed by atoms with Crippen LogP contribution in [-0.2, 0) is 13.6 Å². The molecule has 5 nitrogen and oxygen atoms in total. The average molecular weight is 286 g/mol. The van der Waals surface area contributed by atoms with Gasteiger partial charge in [-0.2, -0.15) is 0 Å². The third kappa shape index (κ3) is 2.37. The smallest absolute Gasteiger partial charge is 0.261 e. The first kappa shape index (κ1) is 12.7. The van der Waals surface area contributed by atoms with Gasteiger partial charge in [0, 0.05) is 29.8 Å². The van der Waals surface area contributed by atoms with Gasteiger partial charge in [-0.25, -0.2) is 4.98 Å². The van der Waals surface area contributed by atoms with Crippen LogP contribution in [0.3, 0.4) is 0 Å². The molecule has 6 heteroatoms. The van der Waals surface area contributed by atoms with Crippen LogP contribution in [0.15, 0.2) is 36.7 Å². The molecule has 0 saturated carbocycles. The van der Waals surface area contributed by atoms with Crippen LogP contribution < -0.4 is 11.1 Å². The van der Waals surface area contributed by atoms with Crippen molar-refractivity contribution in [2.45, 2.75) is 6.54 Å². The van der Waals surface area contributed by atoms with Gasteiger partial charge >= 0.3 is 0 Å². The fourth-order valence-electron chi connectivity index (χ4n) is 1.99. The molecule has 0 aliphatic heterocycles. The maximum Gasteiger partial charge on any atom is 0.261 e. The van der Waals surface area contributed by atoms with Gasteiger partial charge in [-0.15, -0.1) is 11.3 Å². The Morgan fingerprint density at radius 3 is 3.05 bits per heavy atom. The van der Waals surface area contributed by atoms with Crippen LogP contribution in [0.1, 0.15) is 15.5 Å². The van der Waals surface area contributed by atoms with E-state index >= 15 is 0 Å². The molecule has 0 unspecified atom stereocenters. The molecule has 1 amide bonds. The number of imidazole rings is 1. The third-order valence-electron chi connectivity index (χ3n) is 3.09. The van der Waals surface area contributed by atoms with Gasteiger partial charge < -0.3 is 15.6 Å². The number of benzene rings is 1. The van der Waals surface area contributed by atoms with Gasteiger partial charge in [0.25, 0.3) is 5.91 Å². The van der Waals surface area contributed by atoms with Crippen molar-refractivity contribution in [2.75, 3.05) is 5.73 Å². The van der Waals surface area contributed by atoms with Gasteiger partial charge in [0.05, 0.1) is 11.4 Å². The Hall–Kier alpha value is -2.34. The number of carbonyl (C=O) groups is 1. The number of aryl methyl sites for hydroxylation is 1. The van der Waals surface area contributed by atoms with Crippen LogP contribution in [0.5, 0.6) is 0 Å². The molecule has 0 aliphatic carbocycles. The molecule has 2 heterocycles. The Morgan fingerprint density at radius 2 is 2.30 bits per heavy atom. The molecule has 102 valence electrons. The summed E-state index contributed by atoms with van der Waals surface area (Å²) >= 11 is 1.46. The Kier molecular flexibility index (Phi) is 3.15. The summed E-state index contributed by atoms with van der Waals surface area (Å²) in [6.45, 7) is 0.415. The molecule has 0 atom stereocenters. The lowest BCUT2D eigenvalue weighted by Gasteiger charge is -2.03. The molecule has 3 aromatic rings. The summed E-state index contributed by atoms with van der Waals surface area (Å²) in [6.07, 6.45) is 3.56. The standard InChI is InChI=1S/C14H14N4OS/c1-18-5-4-16-13(18)8-17-14(19)12-7-9-6-10(15)2-3-11(9)20-12/h2-7H,8,15H2,1H3,(H,17,19). The molecule has 20 heavy (non-hydrogen) atoms. The lowest BCUT2D eigenvalue weighted by atomic mass is 10.2. The minimum atomic E-state index is -0.0900. The molecule has 2 aromatic heterocycles. The molecule has 3 N–H and O–H groups in total. The van der Waals surface area contributed by atoms with Crippen molar-refractivity contribution in [1.82, 2.24) is 14.9 Å². The third-order valence-corrected chi connectivity index (χ3v) is 4.21. The topological polar surface area (TPSA) is 72.9 Å². The number of anilines is 1. The number of fused-ring (bicyclic) bond motifs is 1. The predicted octanol–water partition coefficient (Wildman–Crippen LogP) is 2.15. The summed E-state index contributed by atoms with van der Waals surface area (Å²) in [7, 11) is 1.90. The molecule has 0 spiro atoms. The van der Waals surface area contributed by atoms with Crippen LogP contribution >= 0.6 is 11.3 Å². The summed E-state index contributed by atoms with van der Waals surface area (Å²) in [6, 6.07) is 7.52. The Balaban J connectivity index is 1.77. The van der Waals surface area contributed by atoms with E-state index < -0.39 is 0 Å². The lowest BCUT2D eigenvalue weighted by Crippen LogP contribution is -2.23. The van der Waals surface area contributed by atoms with Crippen molar-refractivity contribution < 1.29 is 4.79 Å². The van der Waals surface area contributed by atoms with Gasteiger partial charge in [-0.05, 0) is 29.7 Å². The molecular weight excluding hydrogens is 272 g/mol. The first-order chi connectivity index (χ1) is 9.63. The number of aromatic nitrogens is 2. The molecule has 0 radical (unpaired) electrons. The Bertz CT molecular complexity index is 774. The summed E-state index contributed by atoms with van der Waals surface area (Å²) in [5, 5.41) is 3.87. The molecule has 3 rings (SSSR count). The van der Waals surface area contributed by atoms with Crippen molar-refractivity contribution in [1.29, 1.82) is 0 Å². The van der Waals surface area contributed by atoms with Crippen molar-refractivity contribution in [2.24, 2.45) is 7.05 Å². The molecule has 0 aliphatic rings. The monoisotopic (exact) mass is 286 g/mol. The highest BCUT2D eigenvalue weighted by Gasteiger charge is 2.11. The number of nitrogen functional groups attached to an aromatic ring is 1. The molecule has 0 bridgehead atoms. The van der Waals surface area contributed by atoms with E-state index in [1.165, 1.54) is 11.3 Å². The fraction of sp³-hybridized carbons (Fsp3) is 0.143. The van der Waals surface area contributed by atoms with E-state index in [2.05, 4.69) is 10.3 Å². The van der Waals surface area contributed by atoms with Crippen LogP contribution in [0, 0.1) is 0 Å². The van der Waals surface area contributed by atoms with E-state index in [1.807, 2.05) is 42.1 Å². The predicted molar refractivity (Wildman–Crippen MR) is 80.6 cm³/mol. The zero-order valence-corrected chi connectivity index (χ0v) is 11.8. The van der Waals surface area contributed by atoms with Gasteiger partial charge in [0.2, 0.25) is 0 Å². The fourth-order valence-corrected chi connectivity index (χ4v) is 2.95. The minimum Gasteiger partial charge on any atom is -0.399 e. The second-order valence-corrected chi connectivity index (χ2v) is 5.63. The number of hydrogen-bond acceptors (Lipinski definition) is 4. The lowest BCUT2D eigenvalue weighted by molar-refractivity contribution is 0.0953. The number of nitrogens with zero attached hydrogens (tertiary/aromatic N) is 2. The number of hydrogen-bond donors (Lipinski definition) is 2. The van der Waals surface area contributed by atoms with Gasteiger partial charge in [0.1, 0.15) is 5.82 Å². The Morgan fingerprint density at radius 1 is 1.45 bits per heavy atom. The van der Waals surface area contributed by atoms with Crippen LogP contribution in [0.25, 0.3) is 10.1 Å². The second-order valence-electron chi connectivity index (χ2n) is 4.54. The van der Waals surface area contributed by atoms with E-state index in [0.717, 1.165) is 15.9 Å². The highest BCUT2D eigenvalue weighted by Crippen LogP contribution is 2.27. The second kappa shape index (κ2) is 4.97. The molecule has 0 saturated heterocycles. The van der Waals surface area contributed by atoms with Crippen molar-refractivity contribution >= 4 is 33.0 Å². The molecule has 0 fully saturated rings. The quantitative estimate of drug-likeness (QED) is 0.725. The minimum absolute atomic E-state index is 0.0900. The van der Waals surface area contributed by atoms with E-state index in [-0.39, 0.29) is 5.91 Å². The van der Waals surface area contributed by atoms with Crippen LogP contribution in [0.4, 0.5) is 5.69 Å². The maximum atomic E-state index is 12.1. The highest BCUT2D eigenvalue weighted by atomic mass is 32.1. The summed E-state index contributed by atoms with van der Waals surface area (Å²) < 4.78 is 2.94. The van der Waals surface area contributed by atoms with Crippen molar-refractivity contribution in [3.05, 3.63) is 47.4 Å². The zero-order chi connectivity index (χ0) is 14.1. The van der Waals surface area contributed by atoms with Crippen LogP contribution in [0.2, 0.25) is 0 Å². The van der Waals surface area contributed by atoms with Gasteiger partial charge in [0.15, 0.2) is 0 Å². The maximum absolute atomic E-state index is 12.1. The summed E-state index contributed by atoms with van der Waals surface area (Å²) in [5.41, 5.74) is 6.45. The van der Waals surface area contributed by atoms with E-state index in [0.29, 0.717) is 17.1 Å². The zero-order valence-electron chi connectivity index (χ0n) is 11.0. The summed E-state index contributed by atoms with van der Waals surface area (Å²) in [4.78, 5) is 17.0. The summed E-state index contributed by atoms with van der Waals surface area (Å²) in [5.74, 6) is 0.733. The van der Waals surface area contributed by atoms with Gasteiger partial charge in [-0.3, -0.25) is 4.79 Å². The number of carbonyl (C=O) groups excluding carboxylic acids is 1. The Labute approximate surface area is 120 Å². The van der Waals surface area contributed by atoms with Crippen molar-refractivity contribution in [3.63, 3.8) is 0 Å². The van der Waals surface area contributed by atoms with E-state index in [4.69, 9.17) is 5.73 Å². The largest absolute Gasteiger partial charge is 0.399 e. The van der Waals surface area contributed by atoms with Crippen molar-refractivity contribution in [3.8, 4) is 0 Å². The number of nitrogens with one attached hydrogen (secondary N) is 1. The van der Waals surface area contributed by atoms with Gasteiger partial charge in [-0.1, -0.05) is 0 Å². The van der Waals surface area contributed by atoms with E-state index in [9.17, 15) is 4.79 Å². The number of thiophene rings is 1. The normalized spacial score (nSPS) is 10.8. The first-order valence-electron chi connectivity index (χ1n) is 6.17. The number of nitrogens with two attached hydrogens (primary N) is 1.